The summed E-state index contributed by atoms with van der Waals surface area (Å²) < 4.78 is 7.12. The second-order valence-corrected chi connectivity index (χ2v) is 7.10. The molecule has 0 saturated carbocycles. The van der Waals surface area contributed by atoms with Crippen molar-refractivity contribution in [3.05, 3.63) is 65.4 Å². The van der Waals surface area contributed by atoms with E-state index in [0.717, 1.165) is 47.5 Å². The molecule has 0 aliphatic carbocycles. The number of rotatable bonds is 4. The summed E-state index contributed by atoms with van der Waals surface area (Å²) in [5.74, 6) is 0.856. The summed E-state index contributed by atoms with van der Waals surface area (Å²) in [6.07, 6.45) is 1.42. The van der Waals surface area contributed by atoms with Crippen molar-refractivity contribution in [3.63, 3.8) is 0 Å². The smallest absolute Gasteiger partial charge is 0.449 e. The molecule has 4 rings (SSSR count). The van der Waals surface area contributed by atoms with Crippen molar-refractivity contribution in [2.45, 2.75) is 33.4 Å². The lowest BCUT2D eigenvalue weighted by Crippen LogP contribution is -2.31. The van der Waals surface area contributed by atoms with Gasteiger partial charge in [0.25, 0.3) is 0 Å². The minimum absolute atomic E-state index is 0.104. The average molecular weight is 377 g/mol. The van der Waals surface area contributed by atoms with Crippen LogP contribution in [-0.2, 0) is 19.5 Å². The molecule has 1 aliphatic heterocycles. The van der Waals surface area contributed by atoms with Gasteiger partial charge in [0.2, 0.25) is 5.88 Å². The minimum atomic E-state index is -1.36. The summed E-state index contributed by atoms with van der Waals surface area (Å²) in [5, 5.41) is 10.0. The van der Waals surface area contributed by atoms with Gasteiger partial charge in [-0.1, -0.05) is 30.3 Å². The Bertz CT molecular complexity index is 1080. The third-order valence-corrected chi connectivity index (χ3v) is 5.51. The Morgan fingerprint density at radius 1 is 1.32 bits per heavy atom. The van der Waals surface area contributed by atoms with Crippen molar-refractivity contribution >= 4 is 22.9 Å². The number of pyridine rings is 1. The van der Waals surface area contributed by atoms with Crippen LogP contribution in [0.4, 0.5) is 10.6 Å². The first kappa shape index (κ1) is 18.1. The molecule has 1 N–H and O–H groups in total. The Labute approximate surface area is 163 Å². The Balaban J connectivity index is 1.91. The number of ether oxygens (including phenoxy) is 1. The lowest BCUT2D eigenvalue weighted by Gasteiger charge is -2.30. The monoisotopic (exact) mass is 377 g/mol. The average Bonchev–Trinajstić information content (AvgIpc) is 2.92. The van der Waals surface area contributed by atoms with E-state index in [9.17, 15) is 4.79 Å². The highest BCUT2D eigenvalue weighted by Gasteiger charge is 2.24. The summed E-state index contributed by atoms with van der Waals surface area (Å²) in [6, 6.07) is 10.1. The van der Waals surface area contributed by atoms with Gasteiger partial charge < -0.3 is 19.3 Å². The molecule has 0 amide bonds. The molecule has 1 aliphatic rings. The van der Waals surface area contributed by atoms with Crippen molar-refractivity contribution in [1.29, 1.82) is 0 Å². The SMILES string of the molecule is C=CCn1c(C)c(C)c2cc(OC(=O)O)nc(N3CCc4ccccc4C3)c21. The lowest BCUT2D eigenvalue weighted by molar-refractivity contribution is 0.142. The predicted molar refractivity (Wildman–Crippen MR) is 109 cm³/mol. The molecule has 28 heavy (non-hydrogen) atoms. The zero-order valence-corrected chi connectivity index (χ0v) is 16.1. The van der Waals surface area contributed by atoms with Crippen LogP contribution in [0.3, 0.4) is 0 Å². The quantitative estimate of drug-likeness (QED) is 0.537. The predicted octanol–water partition coefficient (Wildman–Crippen LogP) is 4.46. The van der Waals surface area contributed by atoms with Crippen LogP contribution in [0.15, 0.2) is 43.0 Å². The van der Waals surface area contributed by atoms with E-state index in [1.165, 1.54) is 11.1 Å². The molecule has 2 aromatic heterocycles. The highest BCUT2D eigenvalue weighted by molar-refractivity contribution is 5.95. The van der Waals surface area contributed by atoms with Crippen LogP contribution in [0.5, 0.6) is 5.88 Å². The molecule has 6 nitrogen and oxygen atoms in total. The second-order valence-electron chi connectivity index (χ2n) is 7.10. The Morgan fingerprint density at radius 2 is 2.07 bits per heavy atom. The third kappa shape index (κ3) is 3.01. The number of carboxylic acid groups (broad SMARTS) is 1. The van der Waals surface area contributed by atoms with Crippen molar-refractivity contribution in [2.75, 3.05) is 11.4 Å². The number of aryl methyl sites for hydroxylation is 1. The zero-order chi connectivity index (χ0) is 19.8. The van der Waals surface area contributed by atoms with E-state index >= 15 is 0 Å². The van der Waals surface area contributed by atoms with E-state index in [2.05, 4.69) is 46.2 Å². The van der Waals surface area contributed by atoms with E-state index in [0.29, 0.717) is 6.54 Å². The molecule has 0 bridgehead atoms. The standard InChI is InChI=1S/C22H23N3O3/c1-4-10-25-15(3)14(2)18-12-19(28-22(26)27)23-21(20(18)25)24-11-9-16-7-5-6-8-17(16)13-24/h4-8,12H,1,9-11,13H2,2-3H3,(H,26,27). The van der Waals surface area contributed by atoms with Gasteiger partial charge in [0.05, 0.1) is 5.52 Å². The first-order chi connectivity index (χ1) is 13.5. The topological polar surface area (TPSA) is 67.6 Å². The largest absolute Gasteiger partial charge is 0.512 e. The highest BCUT2D eigenvalue weighted by atomic mass is 16.7. The van der Waals surface area contributed by atoms with Gasteiger partial charge >= 0.3 is 6.16 Å². The van der Waals surface area contributed by atoms with E-state index in [4.69, 9.17) is 9.84 Å². The molecule has 0 fully saturated rings. The van der Waals surface area contributed by atoms with Crippen molar-refractivity contribution in [3.8, 4) is 5.88 Å². The fraction of sp³-hybridized carbons (Fsp3) is 0.273. The van der Waals surface area contributed by atoms with Gasteiger partial charge in [0.15, 0.2) is 5.82 Å². The van der Waals surface area contributed by atoms with Gasteiger partial charge in [-0.25, -0.2) is 4.79 Å². The van der Waals surface area contributed by atoms with E-state index in [1.807, 2.05) is 19.1 Å². The number of hydrogen-bond acceptors (Lipinski definition) is 4. The molecular formula is C22H23N3O3. The van der Waals surface area contributed by atoms with Gasteiger partial charge in [-0.2, -0.15) is 4.98 Å². The Morgan fingerprint density at radius 3 is 2.79 bits per heavy atom. The van der Waals surface area contributed by atoms with Gasteiger partial charge in [0.1, 0.15) is 0 Å². The zero-order valence-electron chi connectivity index (χ0n) is 16.1. The number of fused-ring (bicyclic) bond motifs is 2. The summed E-state index contributed by atoms with van der Waals surface area (Å²) >= 11 is 0. The molecule has 3 aromatic rings. The summed E-state index contributed by atoms with van der Waals surface area (Å²) in [7, 11) is 0. The fourth-order valence-electron chi connectivity index (χ4n) is 4.01. The molecule has 0 radical (unpaired) electrons. The Kier molecular flexibility index (Phi) is 4.55. The number of allylic oxidation sites excluding steroid dienone is 1. The van der Waals surface area contributed by atoms with E-state index in [1.54, 1.807) is 6.07 Å². The maximum absolute atomic E-state index is 11.1. The molecule has 0 atom stereocenters. The molecule has 0 saturated heterocycles. The van der Waals surface area contributed by atoms with Crippen molar-refractivity contribution in [1.82, 2.24) is 9.55 Å². The van der Waals surface area contributed by atoms with Crippen molar-refractivity contribution < 1.29 is 14.6 Å². The number of hydrogen-bond donors (Lipinski definition) is 1. The van der Waals surface area contributed by atoms with Crippen LogP contribution in [0.25, 0.3) is 10.9 Å². The van der Waals surface area contributed by atoms with Gasteiger partial charge in [0, 0.05) is 36.8 Å². The van der Waals surface area contributed by atoms with Crippen LogP contribution in [0.1, 0.15) is 22.4 Å². The summed E-state index contributed by atoms with van der Waals surface area (Å²) in [4.78, 5) is 17.9. The fourth-order valence-corrected chi connectivity index (χ4v) is 4.01. The highest BCUT2D eigenvalue weighted by Crippen LogP contribution is 2.36. The first-order valence-corrected chi connectivity index (χ1v) is 9.33. The van der Waals surface area contributed by atoms with Crippen LogP contribution < -0.4 is 9.64 Å². The number of carbonyl (C=O) groups is 1. The summed E-state index contributed by atoms with van der Waals surface area (Å²) in [5.41, 5.74) is 5.81. The second kappa shape index (κ2) is 7.03. The number of anilines is 1. The normalized spacial score (nSPS) is 13.4. The molecule has 144 valence electrons. The van der Waals surface area contributed by atoms with Crippen LogP contribution in [0.2, 0.25) is 0 Å². The molecule has 6 heteroatoms. The lowest BCUT2D eigenvalue weighted by atomic mass is 10.00. The number of benzene rings is 1. The number of aromatic nitrogens is 2. The van der Waals surface area contributed by atoms with Crippen molar-refractivity contribution in [2.24, 2.45) is 0 Å². The van der Waals surface area contributed by atoms with E-state index in [-0.39, 0.29) is 5.88 Å². The van der Waals surface area contributed by atoms with Gasteiger partial charge in [-0.05, 0) is 37.0 Å². The number of nitrogens with zero attached hydrogens (tertiary/aromatic N) is 3. The Hall–Kier alpha value is -3.28. The summed E-state index contributed by atoms with van der Waals surface area (Å²) in [6.45, 7) is 10.2. The molecular weight excluding hydrogens is 354 g/mol. The van der Waals surface area contributed by atoms with Gasteiger partial charge in [-0.15, -0.1) is 6.58 Å². The minimum Gasteiger partial charge on any atom is -0.449 e. The molecule has 0 spiro atoms. The first-order valence-electron chi connectivity index (χ1n) is 9.33. The maximum atomic E-state index is 11.1. The van der Waals surface area contributed by atoms with Gasteiger partial charge in [-0.3, -0.25) is 0 Å². The van der Waals surface area contributed by atoms with E-state index < -0.39 is 6.16 Å². The maximum Gasteiger partial charge on any atom is 0.512 e. The molecule has 1 aromatic carbocycles. The molecule has 3 heterocycles. The van der Waals surface area contributed by atoms with Crippen LogP contribution in [-0.4, -0.2) is 27.4 Å². The molecule has 0 unspecified atom stereocenters. The third-order valence-electron chi connectivity index (χ3n) is 5.51. The van der Waals surface area contributed by atoms with Crippen LogP contribution >= 0.6 is 0 Å². The van der Waals surface area contributed by atoms with Crippen LogP contribution in [0, 0.1) is 13.8 Å².